The summed E-state index contributed by atoms with van der Waals surface area (Å²) in [5, 5.41) is 7.10. The fourth-order valence-corrected chi connectivity index (χ4v) is 7.95. The van der Waals surface area contributed by atoms with E-state index in [2.05, 4.69) is 199 Å². The lowest BCUT2D eigenvalue weighted by Crippen LogP contribution is -2.10. The van der Waals surface area contributed by atoms with Crippen LogP contribution in [-0.4, -0.2) is 0 Å². The van der Waals surface area contributed by atoms with E-state index in [1.807, 2.05) is 6.07 Å². The van der Waals surface area contributed by atoms with Crippen LogP contribution < -0.4 is 4.90 Å². The van der Waals surface area contributed by atoms with Gasteiger partial charge in [-0.25, -0.2) is 0 Å². The van der Waals surface area contributed by atoms with Crippen LogP contribution in [0.3, 0.4) is 0 Å². The Morgan fingerprint density at radius 3 is 1.56 bits per heavy atom. The molecule has 10 rings (SSSR count). The van der Waals surface area contributed by atoms with Crippen molar-refractivity contribution in [1.82, 2.24) is 0 Å². The van der Waals surface area contributed by atoms with E-state index in [0.29, 0.717) is 0 Å². The van der Waals surface area contributed by atoms with Gasteiger partial charge in [0.1, 0.15) is 11.2 Å². The Morgan fingerprint density at radius 1 is 0.308 bits per heavy atom. The monoisotopic (exact) mass is 663 g/mol. The van der Waals surface area contributed by atoms with Gasteiger partial charge in [0.15, 0.2) is 0 Å². The molecule has 0 aliphatic heterocycles. The summed E-state index contributed by atoms with van der Waals surface area (Å²) in [6.45, 7) is 0. The lowest BCUT2D eigenvalue weighted by molar-refractivity contribution is 0.669. The smallest absolute Gasteiger partial charge is 0.137 e. The summed E-state index contributed by atoms with van der Waals surface area (Å²) >= 11 is 0. The maximum Gasteiger partial charge on any atom is 0.137 e. The van der Waals surface area contributed by atoms with Gasteiger partial charge < -0.3 is 9.32 Å². The maximum atomic E-state index is 6.44. The van der Waals surface area contributed by atoms with Crippen LogP contribution in [0, 0.1) is 0 Å². The van der Waals surface area contributed by atoms with Crippen LogP contribution in [0.5, 0.6) is 0 Å². The number of hydrogen-bond donors (Lipinski definition) is 0. The SMILES string of the molecule is c1ccc(-c2cccc(N(c3ccc4c(c3)c(-c3ccccc3)c(-c3ccccc3)c3ccccc34)c3cccc4oc5ccccc5c34)c2)cc1. The van der Waals surface area contributed by atoms with E-state index < -0.39 is 0 Å². The summed E-state index contributed by atoms with van der Waals surface area (Å²) in [6, 6.07) is 71.7. The number of anilines is 3. The van der Waals surface area contributed by atoms with Gasteiger partial charge in [0.25, 0.3) is 0 Å². The van der Waals surface area contributed by atoms with Crippen LogP contribution in [0.25, 0.3) is 76.9 Å². The molecule has 0 saturated carbocycles. The van der Waals surface area contributed by atoms with E-state index in [-0.39, 0.29) is 0 Å². The summed E-state index contributed by atoms with van der Waals surface area (Å²) in [5.74, 6) is 0. The molecule has 52 heavy (non-hydrogen) atoms. The Morgan fingerprint density at radius 2 is 0.827 bits per heavy atom. The van der Waals surface area contributed by atoms with Gasteiger partial charge in [0.05, 0.1) is 11.1 Å². The first-order valence-electron chi connectivity index (χ1n) is 17.8. The Kier molecular flexibility index (Phi) is 7.18. The second-order valence-electron chi connectivity index (χ2n) is 13.3. The van der Waals surface area contributed by atoms with Gasteiger partial charge in [0.2, 0.25) is 0 Å². The molecule has 0 bridgehead atoms. The molecular weight excluding hydrogens is 631 g/mol. The molecule has 0 atom stereocenters. The highest BCUT2D eigenvalue weighted by Gasteiger charge is 2.23. The summed E-state index contributed by atoms with van der Waals surface area (Å²) in [5.41, 5.74) is 12.2. The Bertz CT molecular complexity index is 2890. The molecule has 2 heteroatoms. The lowest BCUT2D eigenvalue weighted by Gasteiger charge is -2.28. The summed E-state index contributed by atoms with van der Waals surface area (Å²) < 4.78 is 6.44. The molecular formula is C50H33NO. The molecule has 0 N–H and O–H groups in total. The fraction of sp³-hybridized carbons (Fsp3) is 0. The van der Waals surface area contributed by atoms with Crippen molar-refractivity contribution in [3.63, 3.8) is 0 Å². The zero-order valence-corrected chi connectivity index (χ0v) is 28.4. The third-order valence-corrected chi connectivity index (χ3v) is 10.2. The van der Waals surface area contributed by atoms with Crippen molar-refractivity contribution in [2.24, 2.45) is 0 Å². The Labute approximate surface area is 302 Å². The van der Waals surface area contributed by atoms with Gasteiger partial charge in [-0.3, -0.25) is 0 Å². The average Bonchev–Trinajstić information content (AvgIpc) is 3.61. The molecule has 0 aliphatic carbocycles. The number of hydrogen-bond acceptors (Lipinski definition) is 2. The van der Waals surface area contributed by atoms with Gasteiger partial charge in [-0.05, 0) is 97.4 Å². The molecule has 0 radical (unpaired) electrons. The van der Waals surface area contributed by atoms with Crippen LogP contribution in [-0.2, 0) is 0 Å². The van der Waals surface area contributed by atoms with Crippen molar-refractivity contribution in [2.75, 3.05) is 4.90 Å². The predicted octanol–water partition coefficient (Wildman–Crippen LogP) is 14.4. The average molecular weight is 664 g/mol. The third kappa shape index (κ3) is 4.96. The third-order valence-electron chi connectivity index (χ3n) is 10.2. The van der Waals surface area contributed by atoms with Gasteiger partial charge in [0, 0.05) is 16.8 Å². The number of nitrogens with zero attached hydrogens (tertiary/aromatic N) is 1. The zero-order chi connectivity index (χ0) is 34.4. The molecule has 2 nitrogen and oxygen atoms in total. The van der Waals surface area contributed by atoms with E-state index in [1.54, 1.807) is 0 Å². The quantitative estimate of drug-likeness (QED) is 0.165. The molecule has 10 aromatic rings. The Balaban J connectivity index is 1.32. The fourth-order valence-electron chi connectivity index (χ4n) is 7.95. The zero-order valence-electron chi connectivity index (χ0n) is 28.4. The van der Waals surface area contributed by atoms with Gasteiger partial charge >= 0.3 is 0 Å². The highest BCUT2D eigenvalue weighted by atomic mass is 16.3. The van der Waals surface area contributed by atoms with Crippen LogP contribution in [0.2, 0.25) is 0 Å². The normalized spacial score (nSPS) is 11.5. The summed E-state index contributed by atoms with van der Waals surface area (Å²) in [7, 11) is 0. The standard InChI is InChI=1S/C50H33NO/c1-4-16-34(17-5-1)37-22-14-23-38(32-37)51(45-27-15-29-47-50(45)43-26-12-13-28-46(43)52-47)39-30-31-41-40-24-10-11-25-42(40)48(35-18-6-2-7-19-35)49(44(41)33-39)36-20-8-3-9-21-36/h1-33H. The first kappa shape index (κ1) is 30.0. The topological polar surface area (TPSA) is 16.4 Å². The van der Waals surface area contributed by atoms with E-state index >= 15 is 0 Å². The van der Waals surface area contributed by atoms with Crippen LogP contribution in [0.4, 0.5) is 17.1 Å². The molecule has 0 amide bonds. The lowest BCUT2D eigenvalue weighted by atomic mass is 9.85. The molecule has 0 unspecified atom stereocenters. The molecule has 9 aromatic carbocycles. The second-order valence-corrected chi connectivity index (χ2v) is 13.3. The minimum Gasteiger partial charge on any atom is -0.456 e. The molecule has 0 spiro atoms. The summed E-state index contributed by atoms with van der Waals surface area (Å²) in [4.78, 5) is 2.41. The number of fused-ring (bicyclic) bond motifs is 6. The van der Waals surface area contributed by atoms with E-state index in [9.17, 15) is 0 Å². The molecule has 0 aliphatic rings. The maximum absolute atomic E-state index is 6.44. The molecule has 244 valence electrons. The highest BCUT2D eigenvalue weighted by molar-refractivity contribution is 6.22. The van der Waals surface area contributed by atoms with E-state index in [1.165, 1.54) is 49.4 Å². The first-order valence-corrected chi connectivity index (χ1v) is 17.8. The van der Waals surface area contributed by atoms with Crippen molar-refractivity contribution in [3.8, 4) is 33.4 Å². The predicted molar refractivity (Wildman–Crippen MR) is 220 cm³/mol. The van der Waals surface area contributed by atoms with Gasteiger partial charge in [-0.15, -0.1) is 0 Å². The van der Waals surface area contributed by atoms with E-state index in [0.717, 1.165) is 44.6 Å². The molecule has 0 saturated heterocycles. The highest BCUT2D eigenvalue weighted by Crippen LogP contribution is 2.48. The first-order chi connectivity index (χ1) is 25.8. The van der Waals surface area contributed by atoms with E-state index in [4.69, 9.17) is 4.42 Å². The molecule has 1 aromatic heterocycles. The van der Waals surface area contributed by atoms with Crippen molar-refractivity contribution >= 4 is 60.5 Å². The van der Waals surface area contributed by atoms with Crippen molar-refractivity contribution < 1.29 is 4.42 Å². The van der Waals surface area contributed by atoms with Crippen LogP contribution >= 0.6 is 0 Å². The molecule has 1 heterocycles. The minimum atomic E-state index is 0.867. The number of furan rings is 1. The molecule has 0 fully saturated rings. The summed E-state index contributed by atoms with van der Waals surface area (Å²) in [6.07, 6.45) is 0. The van der Waals surface area contributed by atoms with Crippen molar-refractivity contribution in [3.05, 3.63) is 200 Å². The number of benzene rings is 9. The second kappa shape index (κ2) is 12.5. The van der Waals surface area contributed by atoms with Gasteiger partial charge in [-0.2, -0.15) is 0 Å². The van der Waals surface area contributed by atoms with Crippen molar-refractivity contribution in [1.29, 1.82) is 0 Å². The largest absolute Gasteiger partial charge is 0.456 e. The minimum absolute atomic E-state index is 0.867. The van der Waals surface area contributed by atoms with Gasteiger partial charge in [-0.1, -0.05) is 158 Å². The van der Waals surface area contributed by atoms with Crippen molar-refractivity contribution in [2.45, 2.75) is 0 Å². The number of rotatable bonds is 6. The number of para-hydroxylation sites is 1. The van der Waals surface area contributed by atoms with Crippen LogP contribution in [0.1, 0.15) is 0 Å². The van der Waals surface area contributed by atoms with Crippen LogP contribution in [0.15, 0.2) is 205 Å². The Hall–Kier alpha value is -6.90.